The molecule has 0 radical (unpaired) electrons. The second kappa shape index (κ2) is 22.4. The van der Waals surface area contributed by atoms with Gasteiger partial charge in [-0.25, -0.2) is 0 Å². The first-order valence-corrected chi connectivity index (χ1v) is 29.0. The molecule has 2 spiro atoms. The summed E-state index contributed by atoms with van der Waals surface area (Å²) in [5.41, 5.74) is 10.4. The fraction of sp³-hybridized carbons (Fsp3) is 0.588. The molecule has 8 rings (SSSR count). The van der Waals surface area contributed by atoms with Gasteiger partial charge in [0.1, 0.15) is 0 Å². The molecule has 6 atom stereocenters. The fourth-order valence-electron chi connectivity index (χ4n) is 15.4. The molecule has 4 aliphatic rings. The van der Waals surface area contributed by atoms with E-state index in [-0.39, 0.29) is 33.7 Å². The lowest BCUT2D eigenvalue weighted by Gasteiger charge is -2.45. The summed E-state index contributed by atoms with van der Waals surface area (Å²) in [6.45, 7) is 41.8. The van der Waals surface area contributed by atoms with E-state index in [0.717, 1.165) is 48.5 Å². The van der Waals surface area contributed by atoms with Gasteiger partial charge in [-0.15, -0.1) is 0 Å². The number of para-hydroxylation sites is 4. The Balaban J connectivity index is 0.000000216. The zero-order chi connectivity index (χ0) is 54.2. The van der Waals surface area contributed by atoms with Crippen molar-refractivity contribution in [3.63, 3.8) is 0 Å². The van der Waals surface area contributed by atoms with E-state index in [9.17, 15) is 10.2 Å². The van der Waals surface area contributed by atoms with Crippen LogP contribution >= 0.6 is 0 Å². The lowest BCUT2D eigenvalue weighted by Crippen LogP contribution is -2.50. The summed E-state index contributed by atoms with van der Waals surface area (Å²) in [7, 11) is 0. The molecule has 0 saturated heterocycles. The minimum absolute atomic E-state index is 0.0511. The van der Waals surface area contributed by atoms with Crippen LogP contribution in [0.3, 0.4) is 0 Å². The SMILES string of the molecule is CC(C)c1cccc(C(C)C)c1[N+]1=C(C([O-])=Nc2ccccc2)[C@@]2(C[C@@H](C)CC[C@@H]2C(C)C)CC1(C)C.CC(C)c1cccc(C(C)C)c1[N+]1=C(C([O-])=Nc2ccccc2)[C@@]2(C[C@@H](C)CC[C@@H]2C(C)C)CC1(C)C. The smallest absolute Gasteiger partial charge is 0.212 e. The van der Waals surface area contributed by atoms with Gasteiger partial charge in [-0.2, -0.15) is 9.15 Å². The van der Waals surface area contributed by atoms with Crippen LogP contribution < -0.4 is 10.2 Å². The highest BCUT2D eigenvalue weighted by atomic mass is 16.3. The van der Waals surface area contributed by atoms with E-state index in [2.05, 4.69) is 170 Å². The third-order valence-corrected chi connectivity index (χ3v) is 18.0. The highest BCUT2D eigenvalue weighted by Crippen LogP contribution is 2.60. The van der Waals surface area contributed by atoms with Gasteiger partial charge in [-0.3, -0.25) is 9.98 Å². The van der Waals surface area contributed by atoms with Crippen LogP contribution in [0.5, 0.6) is 0 Å². The van der Waals surface area contributed by atoms with Gasteiger partial charge in [0.15, 0.2) is 22.5 Å². The highest BCUT2D eigenvalue weighted by Gasteiger charge is 2.64. The van der Waals surface area contributed by atoms with E-state index in [4.69, 9.17) is 9.98 Å². The van der Waals surface area contributed by atoms with Gasteiger partial charge in [0, 0.05) is 62.8 Å². The Kier molecular flexibility index (Phi) is 17.2. The van der Waals surface area contributed by atoms with Crippen molar-refractivity contribution in [1.82, 2.24) is 0 Å². The van der Waals surface area contributed by atoms with Crippen LogP contribution in [0.1, 0.15) is 222 Å². The van der Waals surface area contributed by atoms with Gasteiger partial charge in [0.05, 0.1) is 34.0 Å². The van der Waals surface area contributed by atoms with Crippen LogP contribution in [-0.2, 0) is 0 Å². The first-order chi connectivity index (χ1) is 34.8. The number of nitrogens with zero attached hydrogens (tertiary/aromatic N) is 4. The van der Waals surface area contributed by atoms with Crippen molar-refractivity contribution < 1.29 is 19.4 Å². The Hall–Kier alpha value is -4.84. The van der Waals surface area contributed by atoms with Gasteiger partial charge >= 0.3 is 0 Å². The maximum Gasteiger partial charge on any atom is 0.212 e. The molecule has 0 bridgehead atoms. The number of aliphatic imine (C=N–C) groups is 2. The Labute approximate surface area is 449 Å². The average molecular weight is 1000 g/mol. The van der Waals surface area contributed by atoms with Gasteiger partial charge in [0.2, 0.25) is 11.4 Å². The van der Waals surface area contributed by atoms with Gasteiger partial charge in [0.25, 0.3) is 0 Å². The Morgan fingerprint density at radius 1 is 0.446 bits per heavy atom. The highest BCUT2D eigenvalue weighted by molar-refractivity contribution is 6.39. The minimum Gasteiger partial charge on any atom is -0.854 e. The summed E-state index contributed by atoms with van der Waals surface area (Å²) in [6, 6.07) is 33.1. The molecular formula is C68H96N4O2. The summed E-state index contributed by atoms with van der Waals surface area (Å²) < 4.78 is 4.97. The minimum atomic E-state index is -0.198. The third-order valence-electron chi connectivity index (χ3n) is 18.0. The van der Waals surface area contributed by atoms with Crippen LogP contribution in [0.15, 0.2) is 107 Å². The monoisotopic (exact) mass is 1000 g/mol. The first-order valence-electron chi connectivity index (χ1n) is 29.0. The van der Waals surface area contributed by atoms with Gasteiger partial charge < -0.3 is 10.2 Å². The van der Waals surface area contributed by atoms with Crippen LogP contribution in [0.25, 0.3) is 0 Å². The summed E-state index contributed by atoms with van der Waals surface area (Å²) in [4.78, 5) is 9.56. The Morgan fingerprint density at radius 3 is 1.01 bits per heavy atom. The maximum absolute atomic E-state index is 14.6. The summed E-state index contributed by atoms with van der Waals surface area (Å²) >= 11 is 0. The molecule has 0 amide bonds. The molecule has 2 aliphatic heterocycles. The maximum atomic E-state index is 14.6. The number of hydrogen-bond donors (Lipinski definition) is 0. The van der Waals surface area contributed by atoms with E-state index in [1.54, 1.807) is 0 Å². The van der Waals surface area contributed by atoms with Crippen LogP contribution in [0.4, 0.5) is 22.7 Å². The molecule has 0 unspecified atom stereocenters. The molecular weight excluding hydrogens is 905 g/mol. The number of hydrogen-bond acceptors (Lipinski definition) is 4. The van der Waals surface area contributed by atoms with Crippen molar-refractivity contribution in [3.8, 4) is 0 Å². The van der Waals surface area contributed by atoms with Crippen LogP contribution in [0, 0.1) is 46.3 Å². The van der Waals surface area contributed by atoms with Crippen LogP contribution in [-0.4, -0.2) is 43.4 Å². The van der Waals surface area contributed by atoms with Gasteiger partial charge in [-0.05, 0) is 109 Å². The number of rotatable bonds is 12. The van der Waals surface area contributed by atoms with Crippen molar-refractivity contribution in [3.05, 3.63) is 119 Å². The molecule has 400 valence electrons. The normalized spacial score (nSPS) is 26.2. The van der Waals surface area contributed by atoms with Gasteiger partial charge in [-0.1, -0.05) is 183 Å². The predicted molar refractivity (Wildman–Crippen MR) is 311 cm³/mol. The summed E-state index contributed by atoms with van der Waals surface area (Å²) in [5.74, 6) is 4.45. The first kappa shape index (κ1) is 56.9. The lowest BCUT2D eigenvalue weighted by atomic mass is 9.56. The second-order valence-electron chi connectivity index (χ2n) is 26.8. The molecule has 2 aliphatic carbocycles. The van der Waals surface area contributed by atoms with Crippen molar-refractivity contribution >= 4 is 46.0 Å². The molecule has 0 N–H and O–H groups in total. The van der Waals surface area contributed by atoms with E-state index < -0.39 is 0 Å². The predicted octanol–water partition coefficient (Wildman–Crippen LogP) is 16.7. The Morgan fingerprint density at radius 2 is 0.743 bits per heavy atom. The molecule has 2 fully saturated rings. The summed E-state index contributed by atoms with van der Waals surface area (Å²) in [5, 5.41) is 29.1. The summed E-state index contributed by atoms with van der Waals surface area (Å²) in [6.07, 6.45) is 8.92. The zero-order valence-corrected chi connectivity index (χ0v) is 49.3. The molecule has 6 heteroatoms. The molecule has 2 saturated carbocycles. The third kappa shape index (κ3) is 11.0. The molecule has 6 nitrogen and oxygen atoms in total. The van der Waals surface area contributed by atoms with Crippen molar-refractivity contribution in [2.45, 2.75) is 211 Å². The lowest BCUT2D eigenvalue weighted by molar-refractivity contribution is -0.517. The van der Waals surface area contributed by atoms with Crippen molar-refractivity contribution in [2.24, 2.45) is 56.3 Å². The van der Waals surface area contributed by atoms with Crippen LogP contribution in [0.2, 0.25) is 0 Å². The topological polar surface area (TPSA) is 76.9 Å². The second-order valence-corrected chi connectivity index (χ2v) is 26.8. The van der Waals surface area contributed by atoms with E-state index in [1.165, 1.54) is 59.3 Å². The fourth-order valence-corrected chi connectivity index (χ4v) is 15.4. The zero-order valence-electron chi connectivity index (χ0n) is 49.3. The van der Waals surface area contributed by atoms with Crippen molar-refractivity contribution in [1.29, 1.82) is 0 Å². The Bertz CT molecular complexity index is 2480. The number of benzene rings is 4. The molecule has 2 heterocycles. The largest absolute Gasteiger partial charge is 0.854 e. The standard InChI is InChI=1S/2C34H48N2O/c2*1-22(2)27-16-13-17-28(23(3)4)30(27)36-31(32(37)35-26-14-11-10-12-15-26)34(21-33(36,8)9)20-25(7)18-19-29(34)24(5)6/h2*10-17,22-25,29H,18-21H2,1-9H3/t2*25-,29+,34-/m00/s1. The average Bonchev–Trinajstić information content (AvgIpc) is 3.69. The quantitative estimate of drug-likeness (QED) is 0.0805. The van der Waals surface area contributed by atoms with E-state index >= 15 is 0 Å². The molecule has 4 aromatic carbocycles. The van der Waals surface area contributed by atoms with E-state index in [1.807, 2.05) is 60.7 Å². The molecule has 4 aromatic rings. The van der Waals surface area contributed by atoms with Crippen molar-refractivity contribution in [2.75, 3.05) is 0 Å². The molecule has 0 aromatic heterocycles. The van der Waals surface area contributed by atoms with E-state index in [0.29, 0.717) is 59.2 Å². The molecule has 74 heavy (non-hydrogen) atoms.